The molecule has 1 aromatic heterocycles. The molecule has 0 spiro atoms. The molecule has 0 aliphatic carbocycles. The molecule has 0 fully saturated rings. The first-order valence-electron chi connectivity index (χ1n) is 5.83. The average molecular weight is 290 g/mol. The second-order valence-corrected chi connectivity index (χ2v) is 4.21. The number of hydrogen-bond donors (Lipinski definition) is 1. The number of aromatic nitrogens is 1. The van der Waals surface area contributed by atoms with Gasteiger partial charge in [0, 0.05) is 25.1 Å². The van der Waals surface area contributed by atoms with Gasteiger partial charge < -0.3 is 10.6 Å². The van der Waals surface area contributed by atoms with Crippen molar-refractivity contribution in [3.63, 3.8) is 0 Å². The molecule has 0 saturated heterocycles. The van der Waals surface area contributed by atoms with Crippen molar-refractivity contribution in [3.8, 4) is 0 Å². The summed E-state index contributed by atoms with van der Waals surface area (Å²) in [6.45, 7) is 0. The topological polar surface area (TPSA) is 102 Å². The number of anilines is 2. The van der Waals surface area contributed by atoms with Crippen LogP contribution in [0.5, 0.6) is 0 Å². The molecule has 0 aliphatic heterocycles. The van der Waals surface area contributed by atoms with E-state index in [9.17, 15) is 19.3 Å². The van der Waals surface area contributed by atoms with Gasteiger partial charge in [0.1, 0.15) is 11.5 Å². The van der Waals surface area contributed by atoms with E-state index in [1.165, 1.54) is 24.3 Å². The largest absolute Gasteiger partial charge is 0.393 e. The van der Waals surface area contributed by atoms with Crippen LogP contribution in [0.4, 0.5) is 21.5 Å². The van der Waals surface area contributed by atoms with Gasteiger partial charge in [0.05, 0.1) is 16.6 Å². The molecule has 1 amide bonds. The Balaban J connectivity index is 2.47. The molecule has 0 aliphatic rings. The van der Waals surface area contributed by atoms with Crippen LogP contribution in [0, 0.1) is 15.9 Å². The highest BCUT2D eigenvalue weighted by molar-refractivity contribution is 6.10. The van der Waals surface area contributed by atoms with Crippen molar-refractivity contribution < 1.29 is 14.1 Å². The first-order chi connectivity index (χ1) is 9.91. The summed E-state index contributed by atoms with van der Waals surface area (Å²) < 4.78 is 13.5. The maximum atomic E-state index is 13.5. The number of rotatable bonds is 3. The Labute approximate surface area is 119 Å². The van der Waals surface area contributed by atoms with E-state index in [2.05, 4.69) is 4.98 Å². The monoisotopic (exact) mass is 290 g/mol. The van der Waals surface area contributed by atoms with Crippen molar-refractivity contribution in [2.24, 2.45) is 0 Å². The number of carbonyl (C=O) groups excluding carboxylic acids is 1. The van der Waals surface area contributed by atoms with Gasteiger partial charge >= 0.3 is 0 Å². The molecule has 1 heterocycles. The van der Waals surface area contributed by atoms with Crippen molar-refractivity contribution in [1.29, 1.82) is 0 Å². The van der Waals surface area contributed by atoms with E-state index in [0.717, 1.165) is 6.07 Å². The third-order valence-corrected chi connectivity index (χ3v) is 2.90. The van der Waals surface area contributed by atoms with Crippen molar-refractivity contribution in [2.75, 3.05) is 17.7 Å². The molecule has 0 saturated carbocycles. The standard InChI is InChI=1S/C13H11FN4O3/c1-17(9-2-4-16-5-3-9)13(19)10-6-8(14)7-11(12(10)15)18(20)21/h2-7H,15H2,1H3. The molecule has 1 aromatic carbocycles. The predicted octanol–water partition coefficient (Wildman–Crippen LogP) is 1.99. The lowest BCUT2D eigenvalue weighted by Gasteiger charge is -2.18. The van der Waals surface area contributed by atoms with Gasteiger partial charge in [0.25, 0.3) is 11.6 Å². The quantitative estimate of drug-likeness (QED) is 0.529. The van der Waals surface area contributed by atoms with Gasteiger partial charge in [-0.1, -0.05) is 0 Å². The molecule has 8 heteroatoms. The number of nitro groups is 1. The summed E-state index contributed by atoms with van der Waals surface area (Å²) >= 11 is 0. The van der Waals surface area contributed by atoms with Gasteiger partial charge in [-0.25, -0.2) is 4.39 Å². The Kier molecular flexibility index (Phi) is 3.79. The number of hydrogen-bond acceptors (Lipinski definition) is 5. The molecule has 0 unspecified atom stereocenters. The summed E-state index contributed by atoms with van der Waals surface area (Å²) in [5, 5.41) is 10.8. The Morgan fingerprint density at radius 2 is 2.00 bits per heavy atom. The van der Waals surface area contributed by atoms with Crippen LogP contribution in [-0.4, -0.2) is 22.9 Å². The summed E-state index contributed by atoms with van der Waals surface area (Å²) in [5.41, 5.74) is 4.83. The summed E-state index contributed by atoms with van der Waals surface area (Å²) in [4.78, 5) is 27.3. The van der Waals surface area contributed by atoms with Gasteiger partial charge in [-0.05, 0) is 18.2 Å². The summed E-state index contributed by atoms with van der Waals surface area (Å²) in [5.74, 6) is -1.55. The van der Waals surface area contributed by atoms with Crippen LogP contribution in [0.15, 0.2) is 36.7 Å². The lowest BCUT2D eigenvalue weighted by molar-refractivity contribution is -0.384. The minimum absolute atomic E-state index is 0.263. The van der Waals surface area contributed by atoms with Crippen LogP contribution < -0.4 is 10.6 Å². The molecule has 0 atom stereocenters. The fourth-order valence-electron chi connectivity index (χ4n) is 1.80. The van der Waals surface area contributed by atoms with Gasteiger partial charge in [0.15, 0.2) is 0 Å². The van der Waals surface area contributed by atoms with E-state index in [-0.39, 0.29) is 11.3 Å². The van der Waals surface area contributed by atoms with Gasteiger partial charge in [-0.3, -0.25) is 19.9 Å². The van der Waals surface area contributed by atoms with E-state index in [1.54, 1.807) is 12.1 Å². The van der Waals surface area contributed by atoms with Crippen LogP contribution in [0.3, 0.4) is 0 Å². The van der Waals surface area contributed by atoms with E-state index in [4.69, 9.17) is 5.73 Å². The van der Waals surface area contributed by atoms with Crippen molar-refractivity contribution in [1.82, 2.24) is 4.98 Å². The highest BCUT2D eigenvalue weighted by Crippen LogP contribution is 2.28. The number of amides is 1. The van der Waals surface area contributed by atoms with Crippen LogP contribution in [0.1, 0.15) is 10.4 Å². The summed E-state index contributed by atoms with van der Waals surface area (Å²) in [6, 6.07) is 4.70. The van der Waals surface area contributed by atoms with Crippen LogP contribution in [-0.2, 0) is 0 Å². The van der Waals surface area contributed by atoms with Crippen LogP contribution in [0.25, 0.3) is 0 Å². The minimum Gasteiger partial charge on any atom is -0.393 e. The molecule has 2 N–H and O–H groups in total. The molecule has 21 heavy (non-hydrogen) atoms. The second kappa shape index (κ2) is 5.53. The minimum atomic E-state index is -0.901. The number of carbonyl (C=O) groups is 1. The molecule has 0 bridgehead atoms. The molecular weight excluding hydrogens is 279 g/mol. The lowest BCUT2D eigenvalue weighted by atomic mass is 10.1. The zero-order valence-electron chi connectivity index (χ0n) is 11.0. The highest BCUT2D eigenvalue weighted by Gasteiger charge is 2.24. The maximum absolute atomic E-state index is 13.5. The Bertz CT molecular complexity index is 706. The van der Waals surface area contributed by atoms with E-state index in [1.807, 2.05) is 0 Å². The molecule has 0 radical (unpaired) electrons. The normalized spacial score (nSPS) is 10.2. The Morgan fingerprint density at radius 1 is 1.38 bits per heavy atom. The second-order valence-electron chi connectivity index (χ2n) is 4.21. The van der Waals surface area contributed by atoms with Crippen molar-refractivity contribution >= 4 is 23.0 Å². The zero-order chi connectivity index (χ0) is 15.6. The van der Waals surface area contributed by atoms with E-state index >= 15 is 0 Å². The van der Waals surface area contributed by atoms with Crippen molar-refractivity contribution in [2.45, 2.75) is 0 Å². The van der Waals surface area contributed by atoms with E-state index in [0.29, 0.717) is 11.8 Å². The average Bonchev–Trinajstić information content (AvgIpc) is 2.48. The maximum Gasteiger partial charge on any atom is 0.295 e. The number of halogens is 1. The van der Waals surface area contributed by atoms with Gasteiger partial charge in [-0.15, -0.1) is 0 Å². The molecule has 108 valence electrons. The van der Waals surface area contributed by atoms with Gasteiger partial charge in [-0.2, -0.15) is 0 Å². The Morgan fingerprint density at radius 3 is 2.57 bits per heavy atom. The van der Waals surface area contributed by atoms with E-state index < -0.39 is 22.3 Å². The Hall–Kier alpha value is -3.03. The molecule has 7 nitrogen and oxygen atoms in total. The number of nitro benzene ring substituents is 1. The molecule has 2 rings (SSSR count). The fraction of sp³-hybridized carbons (Fsp3) is 0.0769. The van der Waals surface area contributed by atoms with Crippen molar-refractivity contribution in [3.05, 3.63) is 58.2 Å². The molecule has 2 aromatic rings. The number of nitrogens with zero attached hydrogens (tertiary/aromatic N) is 3. The number of pyridine rings is 1. The smallest absolute Gasteiger partial charge is 0.295 e. The number of nitrogens with two attached hydrogens (primary N) is 1. The number of nitrogen functional groups attached to an aromatic ring is 1. The van der Waals surface area contributed by atoms with Crippen LogP contribution >= 0.6 is 0 Å². The first-order valence-corrected chi connectivity index (χ1v) is 5.83. The number of benzene rings is 1. The first kappa shape index (κ1) is 14.4. The SMILES string of the molecule is CN(C(=O)c1cc(F)cc([N+](=O)[O-])c1N)c1ccncc1. The van der Waals surface area contributed by atoms with Gasteiger partial charge in [0.2, 0.25) is 0 Å². The predicted molar refractivity (Wildman–Crippen MR) is 74.4 cm³/mol. The third-order valence-electron chi connectivity index (χ3n) is 2.90. The highest BCUT2D eigenvalue weighted by atomic mass is 19.1. The van der Waals surface area contributed by atoms with Crippen LogP contribution in [0.2, 0.25) is 0 Å². The lowest BCUT2D eigenvalue weighted by Crippen LogP contribution is -2.27. The third kappa shape index (κ3) is 2.78. The fourth-order valence-corrected chi connectivity index (χ4v) is 1.80. The summed E-state index contributed by atoms with van der Waals surface area (Å²) in [6.07, 6.45) is 2.97. The molecular formula is C13H11FN4O3. The zero-order valence-corrected chi connectivity index (χ0v) is 11.0. The summed E-state index contributed by atoms with van der Waals surface area (Å²) in [7, 11) is 1.45.